The highest BCUT2D eigenvalue weighted by atomic mass is 16.3. The molecule has 0 saturated heterocycles. The minimum Gasteiger partial charge on any atom is -0.393 e. The van der Waals surface area contributed by atoms with Crippen LogP contribution in [0.4, 0.5) is 0 Å². The molecule has 0 spiro atoms. The zero-order valence-electron chi connectivity index (χ0n) is 19.8. The van der Waals surface area contributed by atoms with Crippen LogP contribution in [0.2, 0.25) is 0 Å². The number of fused-ring (bicyclic) bond motifs is 5. The van der Waals surface area contributed by atoms with E-state index in [0.717, 1.165) is 55.6 Å². The summed E-state index contributed by atoms with van der Waals surface area (Å²) in [5.74, 6) is 3.48. The van der Waals surface area contributed by atoms with Crippen LogP contribution in [-0.4, -0.2) is 32.1 Å². The van der Waals surface area contributed by atoms with Gasteiger partial charge in [-0.25, -0.2) is 0 Å². The van der Waals surface area contributed by atoms with Crippen molar-refractivity contribution in [3.63, 3.8) is 0 Å². The van der Waals surface area contributed by atoms with Crippen molar-refractivity contribution in [2.75, 3.05) is 0 Å². The van der Waals surface area contributed by atoms with Gasteiger partial charge in [-0.2, -0.15) is 10.2 Å². The van der Waals surface area contributed by atoms with E-state index < -0.39 is 5.60 Å². The average Bonchev–Trinajstić information content (AvgIpc) is 3.12. The van der Waals surface area contributed by atoms with Crippen LogP contribution in [0.25, 0.3) is 0 Å². The van der Waals surface area contributed by atoms with Gasteiger partial charge in [0.2, 0.25) is 0 Å². The normalized spacial score (nSPS) is 46.5. The molecular weight excluding hydrogens is 384 g/mol. The lowest BCUT2D eigenvalue weighted by Gasteiger charge is -2.61. The average molecular weight is 427 g/mol. The van der Waals surface area contributed by atoms with Gasteiger partial charge in [0.05, 0.1) is 17.4 Å². The minimum atomic E-state index is -0.649. The van der Waals surface area contributed by atoms with Crippen molar-refractivity contribution >= 4 is 0 Å². The highest BCUT2D eigenvalue weighted by Crippen LogP contribution is 2.68. The van der Waals surface area contributed by atoms with Crippen molar-refractivity contribution in [3.8, 4) is 0 Å². The Hall–Kier alpha value is -1.00. The molecular formula is C27H42N2O2. The third-order valence-electron chi connectivity index (χ3n) is 10.9. The van der Waals surface area contributed by atoms with Gasteiger partial charge < -0.3 is 10.2 Å². The number of nitrogens with zero attached hydrogens (tertiary/aromatic N) is 2. The van der Waals surface area contributed by atoms with Crippen molar-refractivity contribution in [2.45, 2.75) is 103 Å². The molecule has 4 heteroatoms. The Morgan fingerprint density at radius 2 is 1.81 bits per heavy atom. The molecule has 1 aromatic rings. The van der Waals surface area contributed by atoms with Gasteiger partial charge in [0.15, 0.2) is 0 Å². The predicted octanol–water partition coefficient (Wildman–Crippen LogP) is 5.18. The first-order valence-electron chi connectivity index (χ1n) is 12.9. The van der Waals surface area contributed by atoms with E-state index in [-0.39, 0.29) is 11.5 Å². The van der Waals surface area contributed by atoms with Gasteiger partial charge in [-0.3, -0.25) is 0 Å². The summed E-state index contributed by atoms with van der Waals surface area (Å²) in [6.07, 6.45) is 14.1. The van der Waals surface area contributed by atoms with E-state index in [1.54, 1.807) is 6.20 Å². The second-order valence-corrected chi connectivity index (χ2v) is 12.3. The Labute approximate surface area is 188 Å². The summed E-state index contributed by atoms with van der Waals surface area (Å²) >= 11 is 0. The molecule has 0 aliphatic heterocycles. The van der Waals surface area contributed by atoms with E-state index >= 15 is 0 Å². The molecule has 1 heterocycles. The second-order valence-electron chi connectivity index (χ2n) is 12.3. The lowest BCUT2D eigenvalue weighted by Crippen LogP contribution is -2.55. The van der Waals surface area contributed by atoms with Gasteiger partial charge in [0.25, 0.3) is 0 Å². The monoisotopic (exact) mass is 426 g/mol. The molecule has 0 aromatic carbocycles. The smallest absolute Gasteiger partial charge is 0.0656 e. The summed E-state index contributed by atoms with van der Waals surface area (Å²) in [7, 11) is 0. The Balaban J connectivity index is 1.33. The van der Waals surface area contributed by atoms with Crippen LogP contribution in [0.5, 0.6) is 0 Å². The molecule has 31 heavy (non-hydrogen) atoms. The first kappa shape index (κ1) is 21.8. The van der Waals surface area contributed by atoms with Crippen LogP contribution in [0.1, 0.15) is 90.7 Å². The quantitative estimate of drug-likeness (QED) is 0.696. The SMILES string of the molecule is CC(O)(CCc1cccnn1)[C@H]1CC[C@H]2[C@@H]3CCC4C[C@@H](O)CC[C@]4(C)[C@H]3CC[C@]12C. The minimum absolute atomic E-state index is 0.0660. The molecule has 2 unspecified atom stereocenters. The molecule has 2 N–H and O–H groups in total. The van der Waals surface area contributed by atoms with Gasteiger partial charge in [-0.05, 0) is 130 Å². The topological polar surface area (TPSA) is 66.2 Å². The number of aromatic nitrogens is 2. The fourth-order valence-corrected chi connectivity index (χ4v) is 9.28. The van der Waals surface area contributed by atoms with Crippen LogP contribution >= 0.6 is 0 Å². The second kappa shape index (κ2) is 7.80. The summed E-state index contributed by atoms with van der Waals surface area (Å²) in [4.78, 5) is 0. The molecule has 4 nitrogen and oxygen atoms in total. The molecule has 5 rings (SSSR count). The molecule has 4 saturated carbocycles. The zero-order valence-corrected chi connectivity index (χ0v) is 19.8. The van der Waals surface area contributed by atoms with E-state index in [4.69, 9.17) is 0 Å². The summed E-state index contributed by atoms with van der Waals surface area (Å²) in [5, 5.41) is 30.2. The molecule has 0 amide bonds. The van der Waals surface area contributed by atoms with Gasteiger partial charge in [0.1, 0.15) is 0 Å². The highest BCUT2D eigenvalue weighted by Gasteiger charge is 2.62. The lowest BCUT2D eigenvalue weighted by atomic mass is 9.44. The Morgan fingerprint density at radius 1 is 1.03 bits per heavy atom. The van der Waals surface area contributed by atoms with Crippen molar-refractivity contribution in [1.29, 1.82) is 0 Å². The molecule has 0 bridgehead atoms. The third-order valence-corrected chi connectivity index (χ3v) is 10.9. The van der Waals surface area contributed by atoms with Crippen molar-refractivity contribution in [1.82, 2.24) is 10.2 Å². The summed E-state index contributed by atoms with van der Waals surface area (Å²) in [5.41, 5.74) is 1.02. The van der Waals surface area contributed by atoms with Gasteiger partial charge in [0, 0.05) is 6.20 Å². The molecule has 172 valence electrons. The van der Waals surface area contributed by atoms with Gasteiger partial charge >= 0.3 is 0 Å². The predicted molar refractivity (Wildman–Crippen MR) is 122 cm³/mol. The number of hydrogen-bond donors (Lipinski definition) is 2. The fourth-order valence-electron chi connectivity index (χ4n) is 9.28. The molecule has 9 atom stereocenters. The lowest BCUT2D eigenvalue weighted by molar-refractivity contribution is -0.144. The van der Waals surface area contributed by atoms with Crippen LogP contribution in [0.15, 0.2) is 18.3 Å². The molecule has 4 aliphatic carbocycles. The van der Waals surface area contributed by atoms with E-state index in [2.05, 4.69) is 31.0 Å². The van der Waals surface area contributed by atoms with Crippen LogP contribution in [0, 0.1) is 40.4 Å². The van der Waals surface area contributed by atoms with Gasteiger partial charge in [-0.1, -0.05) is 13.8 Å². The third kappa shape index (κ3) is 3.57. The maximum atomic E-state index is 11.7. The number of aryl methyl sites for hydroxylation is 1. The molecule has 4 fully saturated rings. The van der Waals surface area contributed by atoms with Gasteiger partial charge in [-0.15, -0.1) is 0 Å². The first-order valence-corrected chi connectivity index (χ1v) is 12.9. The highest BCUT2D eigenvalue weighted by molar-refractivity contribution is 5.12. The summed E-state index contributed by atoms with van der Waals surface area (Å²) in [6, 6.07) is 3.96. The van der Waals surface area contributed by atoms with Crippen LogP contribution in [0.3, 0.4) is 0 Å². The summed E-state index contributed by atoms with van der Waals surface area (Å²) in [6.45, 7) is 7.17. The number of hydrogen-bond acceptors (Lipinski definition) is 4. The van der Waals surface area contributed by atoms with E-state index in [9.17, 15) is 10.2 Å². The number of aliphatic hydroxyl groups is 2. The maximum Gasteiger partial charge on any atom is 0.0656 e. The molecule has 0 radical (unpaired) electrons. The van der Waals surface area contributed by atoms with Crippen LogP contribution in [-0.2, 0) is 6.42 Å². The maximum absolute atomic E-state index is 11.7. The van der Waals surface area contributed by atoms with E-state index in [0.29, 0.717) is 17.3 Å². The largest absolute Gasteiger partial charge is 0.393 e. The van der Waals surface area contributed by atoms with Crippen LogP contribution < -0.4 is 0 Å². The summed E-state index contributed by atoms with van der Waals surface area (Å²) < 4.78 is 0. The fraction of sp³-hybridized carbons (Fsp3) is 0.852. The Kier molecular flexibility index (Phi) is 5.49. The first-order chi connectivity index (χ1) is 14.7. The molecule has 4 aliphatic rings. The van der Waals surface area contributed by atoms with Crippen molar-refractivity contribution < 1.29 is 10.2 Å². The number of rotatable bonds is 4. The molecule has 1 aromatic heterocycles. The Morgan fingerprint density at radius 3 is 2.58 bits per heavy atom. The van der Waals surface area contributed by atoms with E-state index in [1.165, 1.54) is 38.5 Å². The standard InChI is InChI=1S/C27H42N2O2/c1-25-13-11-20(30)17-18(25)6-7-21-22-8-9-24(26(22,2)14-12-23(21)25)27(3,31)15-10-19-5-4-16-28-29-19/h4-5,16,18,20-24,30-31H,6-15,17H2,1-3H3/t18?,20-,21-,22-,23-,24-,25-,26-,27?/m0/s1. The number of aliphatic hydroxyl groups excluding tert-OH is 1. The van der Waals surface area contributed by atoms with Crippen molar-refractivity contribution in [3.05, 3.63) is 24.0 Å². The Bertz CT molecular complexity index is 783. The van der Waals surface area contributed by atoms with Crippen molar-refractivity contribution in [2.24, 2.45) is 40.4 Å². The zero-order chi connectivity index (χ0) is 21.9. The van der Waals surface area contributed by atoms with E-state index in [1.807, 2.05) is 12.1 Å².